The Morgan fingerprint density at radius 2 is 1.80 bits per heavy atom. The van der Waals surface area contributed by atoms with E-state index in [1.54, 1.807) is 25.4 Å². The van der Waals surface area contributed by atoms with Crippen LogP contribution < -0.4 is 10.2 Å². The maximum absolute atomic E-state index is 13.2. The lowest BCUT2D eigenvalue weighted by molar-refractivity contribution is -0.120. The van der Waals surface area contributed by atoms with Gasteiger partial charge in [0.1, 0.15) is 0 Å². The Balaban J connectivity index is 1.55. The first-order chi connectivity index (χ1) is 12.0. The van der Waals surface area contributed by atoms with Crippen LogP contribution in [-0.2, 0) is 4.79 Å². The van der Waals surface area contributed by atoms with Crippen molar-refractivity contribution in [1.82, 2.24) is 14.9 Å². The third-order valence-electron chi connectivity index (χ3n) is 4.26. The molecule has 1 aromatic carbocycles. The molecule has 2 heterocycles. The summed E-state index contributed by atoms with van der Waals surface area (Å²) in [5.41, 5.74) is 0.243. The van der Waals surface area contributed by atoms with E-state index in [-0.39, 0.29) is 17.6 Å². The molecule has 8 heteroatoms. The first-order valence-corrected chi connectivity index (χ1v) is 8.06. The fraction of sp³-hybridized carbons (Fsp3) is 0.353. The summed E-state index contributed by atoms with van der Waals surface area (Å²) in [5.74, 6) is -1.50. The molecule has 1 saturated heterocycles. The van der Waals surface area contributed by atoms with Crippen molar-refractivity contribution in [3.63, 3.8) is 0 Å². The van der Waals surface area contributed by atoms with E-state index in [2.05, 4.69) is 20.2 Å². The minimum Gasteiger partial charge on any atom is -0.338 e. The molecule has 1 aliphatic heterocycles. The number of halogens is 2. The van der Waals surface area contributed by atoms with Gasteiger partial charge >= 0.3 is 0 Å². The highest BCUT2D eigenvalue weighted by molar-refractivity contribution is 5.94. The standard InChI is InChI=1S/C17H19F2N5O/c1-12(16(25)22-13-3-4-14(18)15(19)11-13)23-7-9-24(10-8-23)17-20-5-2-6-21-17/h2-6,11-12H,7-10H2,1H3,(H,22,25). The van der Waals surface area contributed by atoms with E-state index in [0.717, 1.165) is 12.1 Å². The van der Waals surface area contributed by atoms with E-state index in [0.29, 0.717) is 32.1 Å². The molecule has 132 valence electrons. The smallest absolute Gasteiger partial charge is 0.241 e. The van der Waals surface area contributed by atoms with Crippen LogP contribution in [-0.4, -0.2) is 53.0 Å². The van der Waals surface area contributed by atoms with Gasteiger partial charge in [0.05, 0.1) is 6.04 Å². The molecule has 3 rings (SSSR count). The number of nitrogens with one attached hydrogen (secondary N) is 1. The lowest BCUT2D eigenvalue weighted by Gasteiger charge is -2.37. The molecule has 1 amide bonds. The Hall–Kier alpha value is -2.61. The van der Waals surface area contributed by atoms with Gasteiger partial charge in [-0.15, -0.1) is 0 Å². The molecule has 25 heavy (non-hydrogen) atoms. The van der Waals surface area contributed by atoms with Crippen molar-refractivity contribution < 1.29 is 13.6 Å². The zero-order valence-corrected chi connectivity index (χ0v) is 13.8. The number of aromatic nitrogens is 2. The molecular weight excluding hydrogens is 328 g/mol. The molecule has 0 saturated carbocycles. The van der Waals surface area contributed by atoms with Gasteiger partial charge in [0, 0.05) is 50.3 Å². The third kappa shape index (κ3) is 4.08. The van der Waals surface area contributed by atoms with Crippen LogP contribution in [0.15, 0.2) is 36.7 Å². The lowest BCUT2D eigenvalue weighted by atomic mass is 10.2. The first-order valence-electron chi connectivity index (χ1n) is 8.06. The molecule has 2 aromatic rings. The number of nitrogens with zero attached hydrogens (tertiary/aromatic N) is 4. The van der Waals surface area contributed by atoms with Crippen molar-refractivity contribution >= 4 is 17.5 Å². The molecule has 1 N–H and O–H groups in total. The second kappa shape index (κ2) is 7.52. The summed E-state index contributed by atoms with van der Waals surface area (Å²) >= 11 is 0. The highest BCUT2D eigenvalue weighted by atomic mass is 19.2. The summed E-state index contributed by atoms with van der Waals surface area (Å²) in [4.78, 5) is 24.9. The van der Waals surface area contributed by atoms with Crippen molar-refractivity contribution in [2.24, 2.45) is 0 Å². The van der Waals surface area contributed by atoms with Gasteiger partial charge in [0.25, 0.3) is 0 Å². The van der Waals surface area contributed by atoms with E-state index < -0.39 is 11.6 Å². The van der Waals surface area contributed by atoms with Gasteiger partial charge in [-0.25, -0.2) is 18.7 Å². The Kier molecular flexibility index (Phi) is 5.18. The van der Waals surface area contributed by atoms with Crippen molar-refractivity contribution in [2.45, 2.75) is 13.0 Å². The predicted molar refractivity (Wildman–Crippen MR) is 90.3 cm³/mol. The van der Waals surface area contributed by atoms with Gasteiger partial charge in [-0.3, -0.25) is 9.69 Å². The minimum atomic E-state index is -0.984. The normalized spacial score (nSPS) is 16.5. The highest BCUT2D eigenvalue weighted by Gasteiger charge is 2.26. The van der Waals surface area contributed by atoms with Crippen LogP contribution in [0.5, 0.6) is 0 Å². The molecule has 1 atom stereocenters. The van der Waals surface area contributed by atoms with Gasteiger partial charge in [-0.1, -0.05) is 0 Å². The van der Waals surface area contributed by atoms with E-state index >= 15 is 0 Å². The SMILES string of the molecule is CC(C(=O)Nc1ccc(F)c(F)c1)N1CCN(c2ncccn2)CC1. The lowest BCUT2D eigenvalue weighted by Crippen LogP contribution is -2.53. The average Bonchev–Trinajstić information content (AvgIpc) is 2.65. The zero-order valence-electron chi connectivity index (χ0n) is 13.8. The second-order valence-corrected chi connectivity index (χ2v) is 5.87. The molecule has 1 aliphatic rings. The van der Waals surface area contributed by atoms with Crippen LogP contribution in [0.3, 0.4) is 0 Å². The largest absolute Gasteiger partial charge is 0.338 e. The monoisotopic (exact) mass is 347 g/mol. The predicted octanol–water partition coefficient (Wildman–Crippen LogP) is 1.90. The summed E-state index contributed by atoms with van der Waals surface area (Å²) in [5, 5.41) is 2.62. The number of carbonyl (C=O) groups excluding carboxylic acids is 1. The van der Waals surface area contributed by atoms with E-state index in [1.807, 2.05) is 4.90 Å². The van der Waals surface area contributed by atoms with Gasteiger partial charge in [0.15, 0.2) is 11.6 Å². The quantitative estimate of drug-likeness (QED) is 0.915. The van der Waals surface area contributed by atoms with Crippen LogP contribution >= 0.6 is 0 Å². The second-order valence-electron chi connectivity index (χ2n) is 5.87. The number of carbonyl (C=O) groups is 1. The van der Waals surface area contributed by atoms with Crippen molar-refractivity contribution in [3.05, 3.63) is 48.3 Å². The molecule has 1 fully saturated rings. The topological polar surface area (TPSA) is 61.4 Å². The Bertz CT molecular complexity index is 735. The van der Waals surface area contributed by atoms with Crippen LogP contribution in [0.1, 0.15) is 6.92 Å². The summed E-state index contributed by atoms with van der Waals surface area (Å²) in [6, 6.07) is 4.70. The molecular formula is C17H19F2N5O. The first kappa shape index (κ1) is 17.2. The molecule has 1 aromatic heterocycles. The Morgan fingerprint density at radius 1 is 1.12 bits per heavy atom. The zero-order chi connectivity index (χ0) is 17.8. The Labute approximate surface area is 144 Å². The number of hydrogen-bond acceptors (Lipinski definition) is 5. The number of rotatable bonds is 4. The number of piperazine rings is 1. The van der Waals surface area contributed by atoms with Crippen LogP contribution in [0.2, 0.25) is 0 Å². The minimum absolute atomic E-state index is 0.243. The van der Waals surface area contributed by atoms with Gasteiger partial charge < -0.3 is 10.2 Å². The van der Waals surface area contributed by atoms with Crippen LogP contribution in [0, 0.1) is 11.6 Å². The number of hydrogen-bond donors (Lipinski definition) is 1. The fourth-order valence-corrected chi connectivity index (χ4v) is 2.75. The molecule has 6 nitrogen and oxygen atoms in total. The molecule has 0 bridgehead atoms. The highest BCUT2D eigenvalue weighted by Crippen LogP contribution is 2.16. The summed E-state index contributed by atoms with van der Waals surface area (Å²) in [6.07, 6.45) is 3.40. The maximum Gasteiger partial charge on any atom is 0.241 e. The molecule has 0 aliphatic carbocycles. The number of amides is 1. The van der Waals surface area contributed by atoms with Gasteiger partial charge in [-0.05, 0) is 25.1 Å². The molecule has 0 spiro atoms. The number of benzene rings is 1. The van der Waals surface area contributed by atoms with Crippen molar-refractivity contribution in [1.29, 1.82) is 0 Å². The van der Waals surface area contributed by atoms with E-state index in [4.69, 9.17) is 0 Å². The summed E-state index contributed by atoms with van der Waals surface area (Å²) in [7, 11) is 0. The van der Waals surface area contributed by atoms with Crippen molar-refractivity contribution in [2.75, 3.05) is 36.4 Å². The van der Waals surface area contributed by atoms with Crippen LogP contribution in [0.4, 0.5) is 20.4 Å². The van der Waals surface area contributed by atoms with E-state index in [9.17, 15) is 13.6 Å². The van der Waals surface area contributed by atoms with Crippen LogP contribution in [0.25, 0.3) is 0 Å². The molecule has 0 radical (unpaired) electrons. The van der Waals surface area contributed by atoms with Crippen molar-refractivity contribution in [3.8, 4) is 0 Å². The fourth-order valence-electron chi connectivity index (χ4n) is 2.75. The third-order valence-corrected chi connectivity index (χ3v) is 4.26. The average molecular weight is 347 g/mol. The number of anilines is 2. The summed E-state index contributed by atoms with van der Waals surface area (Å²) < 4.78 is 26.2. The van der Waals surface area contributed by atoms with Gasteiger partial charge in [-0.2, -0.15) is 0 Å². The molecule has 1 unspecified atom stereocenters. The maximum atomic E-state index is 13.2. The van der Waals surface area contributed by atoms with Gasteiger partial charge in [0.2, 0.25) is 11.9 Å². The summed E-state index contributed by atoms with van der Waals surface area (Å²) in [6.45, 7) is 4.60. The van der Waals surface area contributed by atoms with E-state index in [1.165, 1.54) is 6.07 Å². The Morgan fingerprint density at radius 3 is 2.44 bits per heavy atom.